The van der Waals surface area contributed by atoms with Crippen LogP contribution in [0.1, 0.15) is 27.6 Å². The molecule has 1 aromatic carbocycles. The molecule has 24 heavy (non-hydrogen) atoms. The minimum Gasteiger partial charge on any atom is -0.338 e. The molecule has 0 unspecified atom stereocenters. The molecule has 6 heteroatoms. The molecule has 1 aliphatic rings. The molecule has 1 aliphatic heterocycles. The van der Waals surface area contributed by atoms with Gasteiger partial charge in [-0.25, -0.2) is 4.98 Å². The summed E-state index contributed by atoms with van der Waals surface area (Å²) in [5.41, 5.74) is 1.87. The maximum Gasteiger partial charge on any atom is 0.256 e. The third-order valence-electron chi connectivity index (χ3n) is 4.08. The van der Waals surface area contributed by atoms with Crippen molar-refractivity contribution in [3.63, 3.8) is 0 Å². The number of nitrogens with zero attached hydrogens (tertiary/aromatic N) is 2. The van der Waals surface area contributed by atoms with Gasteiger partial charge in [-0.05, 0) is 36.4 Å². The first-order valence-corrected chi connectivity index (χ1v) is 10.5. The quantitative estimate of drug-likeness (QED) is 0.720. The summed E-state index contributed by atoms with van der Waals surface area (Å²) in [6, 6.07) is 11.7. The normalized spacial score (nSPS) is 18.2. The zero-order chi connectivity index (χ0) is 16.9. The van der Waals surface area contributed by atoms with Crippen LogP contribution in [0.5, 0.6) is 0 Å². The first-order chi connectivity index (χ1) is 11.7. The lowest BCUT2D eigenvalue weighted by atomic mass is 10.1. The highest BCUT2D eigenvalue weighted by Crippen LogP contribution is 2.38. The fraction of sp³-hybridized carbons (Fsp3) is 0.333. The van der Waals surface area contributed by atoms with E-state index in [9.17, 15) is 4.79 Å². The van der Waals surface area contributed by atoms with E-state index in [4.69, 9.17) is 11.6 Å². The molecule has 2 heterocycles. The van der Waals surface area contributed by atoms with Gasteiger partial charge in [0, 0.05) is 35.3 Å². The molecule has 0 radical (unpaired) electrons. The lowest BCUT2D eigenvalue weighted by Gasteiger charge is -2.21. The minimum atomic E-state index is 0.0767. The van der Waals surface area contributed by atoms with E-state index in [1.54, 1.807) is 6.20 Å². The van der Waals surface area contributed by atoms with Crippen molar-refractivity contribution in [3.05, 3.63) is 58.7 Å². The summed E-state index contributed by atoms with van der Waals surface area (Å²) in [7, 11) is 0. The molecule has 0 N–H and O–H groups in total. The maximum absolute atomic E-state index is 12.9. The van der Waals surface area contributed by atoms with Gasteiger partial charge in [0.15, 0.2) is 0 Å². The van der Waals surface area contributed by atoms with Gasteiger partial charge in [0.2, 0.25) is 0 Å². The Labute approximate surface area is 156 Å². The Morgan fingerprint density at radius 2 is 2.12 bits per heavy atom. The van der Waals surface area contributed by atoms with Crippen molar-refractivity contribution in [2.24, 2.45) is 0 Å². The number of hydrogen-bond donors (Lipinski definition) is 0. The summed E-state index contributed by atoms with van der Waals surface area (Å²) in [6.45, 7) is 1.50. The first-order valence-electron chi connectivity index (χ1n) is 7.85. The van der Waals surface area contributed by atoms with Gasteiger partial charge >= 0.3 is 0 Å². The number of carbonyl (C=O) groups excluding carboxylic acids is 1. The molecule has 1 amide bonds. The van der Waals surface area contributed by atoms with Crippen molar-refractivity contribution in [3.8, 4) is 0 Å². The van der Waals surface area contributed by atoms with E-state index < -0.39 is 0 Å². The molecule has 1 saturated heterocycles. The van der Waals surface area contributed by atoms with Gasteiger partial charge in [0.05, 0.1) is 5.56 Å². The van der Waals surface area contributed by atoms with Gasteiger partial charge in [-0.1, -0.05) is 29.8 Å². The summed E-state index contributed by atoms with van der Waals surface area (Å²) >= 11 is 9.73. The zero-order valence-electron chi connectivity index (χ0n) is 13.4. The number of pyridine rings is 1. The molecule has 126 valence electrons. The number of hydrogen-bond acceptors (Lipinski definition) is 4. The highest BCUT2D eigenvalue weighted by Gasteiger charge is 2.25. The first kappa shape index (κ1) is 17.6. The molecule has 1 aromatic heterocycles. The van der Waals surface area contributed by atoms with E-state index in [1.807, 2.05) is 53.2 Å². The maximum atomic E-state index is 12.9. The van der Waals surface area contributed by atoms with Crippen LogP contribution in [0.2, 0.25) is 5.02 Å². The zero-order valence-corrected chi connectivity index (χ0v) is 15.8. The number of rotatable bonds is 3. The van der Waals surface area contributed by atoms with Crippen LogP contribution in [0.3, 0.4) is 0 Å². The van der Waals surface area contributed by atoms with E-state index in [1.165, 1.54) is 17.3 Å². The lowest BCUT2D eigenvalue weighted by molar-refractivity contribution is 0.0762. The van der Waals surface area contributed by atoms with Crippen molar-refractivity contribution in [2.45, 2.75) is 16.7 Å². The molecule has 2 aromatic rings. The molecule has 1 fully saturated rings. The average Bonchev–Trinajstić information content (AvgIpc) is 2.87. The van der Waals surface area contributed by atoms with Crippen molar-refractivity contribution in [1.82, 2.24) is 9.88 Å². The molecule has 0 bridgehead atoms. The van der Waals surface area contributed by atoms with Gasteiger partial charge in [-0.2, -0.15) is 11.8 Å². The second kappa shape index (κ2) is 8.28. The van der Waals surface area contributed by atoms with Gasteiger partial charge in [0.1, 0.15) is 5.03 Å². The Hall–Kier alpha value is -1.17. The predicted molar refractivity (Wildman–Crippen MR) is 103 cm³/mol. The molecule has 1 atom stereocenters. The molecular formula is C18H19ClN2OS2. The molecule has 3 nitrogen and oxygen atoms in total. The monoisotopic (exact) mass is 378 g/mol. The van der Waals surface area contributed by atoms with Crippen LogP contribution in [-0.2, 0) is 0 Å². The van der Waals surface area contributed by atoms with Crippen molar-refractivity contribution < 1.29 is 4.79 Å². The molecular weight excluding hydrogens is 360 g/mol. The van der Waals surface area contributed by atoms with E-state index in [2.05, 4.69) is 11.1 Å². The van der Waals surface area contributed by atoms with Crippen LogP contribution in [-0.4, -0.2) is 40.9 Å². The van der Waals surface area contributed by atoms with Crippen LogP contribution in [0.4, 0.5) is 0 Å². The Morgan fingerprint density at radius 3 is 2.92 bits per heavy atom. The number of amides is 1. The molecule has 0 aliphatic carbocycles. The van der Waals surface area contributed by atoms with Crippen molar-refractivity contribution >= 4 is 41.0 Å². The van der Waals surface area contributed by atoms with Crippen molar-refractivity contribution in [2.75, 3.05) is 25.1 Å². The second-order valence-electron chi connectivity index (χ2n) is 5.52. The van der Waals surface area contributed by atoms with Crippen molar-refractivity contribution in [1.29, 1.82) is 0 Å². The lowest BCUT2D eigenvalue weighted by Crippen LogP contribution is -2.33. The number of thioether (sulfide) groups is 2. The van der Waals surface area contributed by atoms with Gasteiger partial charge in [-0.15, -0.1) is 11.8 Å². The third kappa shape index (κ3) is 3.90. The summed E-state index contributed by atoms with van der Waals surface area (Å²) in [5.74, 6) is 0.990. The average molecular weight is 379 g/mol. The van der Waals surface area contributed by atoms with E-state index in [0.717, 1.165) is 35.3 Å². The molecule has 3 rings (SSSR count). The van der Waals surface area contributed by atoms with Crippen LogP contribution >= 0.6 is 35.1 Å². The Morgan fingerprint density at radius 1 is 1.29 bits per heavy atom. The minimum absolute atomic E-state index is 0.0767. The Kier molecular flexibility index (Phi) is 6.09. The summed E-state index contributed by atoms with van der Waals surface area (Å²) in [6.07, 6.45) is 4.59. The van der Waals surface area contributed by atoms with Crippen LogP contribution < -0.4 is 0 Å². The predicted octanol–water partition coefficient (Wildman–Crippen LogP) is 4.78. The largest absolute Gasteiger partial charge is 0.338 e. The van der Waals surface area contributed by atoms with Crippen LogP contribution in [0.25, 0.3) is 0 Å². The number of aromatic nitrogens is 1. The highest BCUT2D eigenvalue weighted by molar-refractivity contribution is 7.99. The second-order valence-corrected chi connectivity index (χ2v) is 8.03. The topological polar surface area (TPSA) is 33.2 Å². The van der Waals surface area contributed by atoms with Crippen LogP contribution in [0, 0.1) is 0 Å². The summed E-state index contributed by atoms with van der Waals surface area (Å²) in [5, 5.41) is 1.94. The van der Waals surface area contributed by atoms with E-state index >= 15 is 0 Å². The highest BCUT2D eigenvalue weighted by atomic mass is 35.5. The SMILES string of the molecule is CSc1ncccc1C(=O)N1CCS[C@H](c2ccccc2Cl)CC1. The van der Waals surface area contributed by atoms with E-state index in [0.29, 0.717) is 10.8 Å². The van der Waals surface area contributed by atoms with Gasteiger partial charge in [0.25, 0.3) is 5.91 Å². The van der Waals surface area contributed by atoms with E-state index in [-0.39, 0.29) is 5.91 Å². The fourth-order valence-corrected chi connectivity index (χ4v) is 4.99. The van der Waals surface area contributed by atoms with Gasteiger partial charge in [-0.3, -0.25) is 4.79 Å². The Bertz CT molecular complexity index is 726. The number of carbonyl (C=O) groups is 1. The number of halogens is 1. The Balaban J connectivity index is 1.74. The smallest absolute Gasteiger partial charge is 0.256 e. The fourth-order valence-electron chi connectivity index (χ4n) is 2.84. The molecule has 0 spiro atoms. The third-order valence-corrected chi connectivity index (χ3v) is 6.44. The summed E-state index contributed by atoms with van der Waals surface area (Å²) in [4.78, 5) is 19.1. The van der Waals surface area contributed by atoms with Gasteiger partial charge < -0.3 is 4.90 Å². The van der Waals surface area contributed by atoms with Crippen LogP contribution in [0.15, 0.2) is 47.6 Å². The standard InChI is InChI=1S/C18H19ClN2OS2/c1-23-17-14(6-4-9-20-17)18(22)21-10-8-16(24-12-11-21)13-5-2-3-7-15(13)19/h2-7,9,16H,8,10-12H2,1H3/t16-/m0/s1. The molecule has 0 saturated carbocycles. The number of benzene rings is 1. The summed E-state index contributed by atoms with van der Waals surface area (Å²) < 4.78 is 0.